The monoisotopic (exact) mass is 588 g/mol. The minimum absolute atomic E-state index is 0.128. The third kappa shape index (κ3) is 5.97. The third-order valence-corrected chi connectivity index (χ3v) is 9.24. The van der Waals surface area contributed by atoms with Crippen LogP contribution < -0.4 is 5.32 Å². The molecule has 3 heterocycles. The number of nitrogens with zero attached hydrogens (tertiary/aromatic N) is 1. The van der Waals surface area contributed by atoms with Gasteiger partial charge >= 0.3 is 18.2 Å². The molecule has 1 amide bonds. The Morgan fingerprint density at radius 3 is 2.38 bits per heavy atom. The zero-order valence-corrected chi connectivity index (χ0v) is 22.6. The summed E-state index contributed by atoms with van der Waals surface area (Å²) in [5.41, 5.74) is 1.20. The van der Waals surface area contributed by atoms with E-state index in [-0.39, 0.29) is 12.2 Å². The van der Waals surface area contributed by atoms with Gasteiger partial charge in [0.1, 0.15) is 6.61 Å². The number of nitrogens with one attached hydrogen (secondary N) is 1. The molecule has 3 aromatic heterocycles. The number of anilines is 1. The van der Waals surface area contributed by atoms with Crippen molar-refractivity contribution in [3.63, 3.8) is 0 Å². The SMILES string of the molecule is Cc1nsc(-c2cc3sc(-c4ccc(CC(=O)O)c(C(F)(F)F)c4)cc3s2)c1NC(=O)OCc1ccccc1. The number of carboxylic acids is 1. The van der Waals surface area contributed by atoms with Crippen LogP contribution in [0.2, 0.25) is 0 Å². The van der Waals surface area contributed by atoms with Gasteiger partial charge in [-0.25, -0.2) is 4.79 Å². The molecule has 39 heavy (non-hydrogen) atoms. The fourth-order valence-electron chi connectivity index (χ4n) is 3.95. The van der Waals surface area contributed by atoms with Gasteiger partial charge in [-0.3, -0.25) is 10.1 Å². The molecule has 200 valence electrons. The van der Waals surface area contributed by atoms with E-state index in [0.29, 0.717) is 21.8 Å². The highest BCUT2D eigenvalue weighted by Crippen LogP contribution is 2.46. The molecular formula is C27H19F3N2O4S3. The summed E-state index contributed by atoms with van der Waals surface area (Å²) in [7, 11) is 0. The van der Waals surface area contributed by atoms with Crippen LogP contribution in [0.5, 0.6) is 0 Å². The van der Waals surface area contributed by atoms with Gasteiger partial charge in [0.25, 0.3) is 0 Å². The lowest BCUT2D eigenvalue weighted by Crippen LogP contribution is -2.14. The van der Waals surface area contributed by atoms with E-state index < -0.39 is 30.2 Å². The topological polar surface area (TPSA) is 88.5 Å². The predicted octanol–water partition coefficient (Wildman–Crippen LogP) is 8.46. The number of rotatable bonds is 7. The Kier molecular flexibility index (Phi) is 7.43. The quantitative estimate of drug-likeness (QED) is 0.199. The molecule has 12 heteroatoms. The molecule has 0 unspecified atom stereocenters. The minimum Gasteiger partial charge on any atom is -0.481 e. The lowest BCUT2D eigenvalue weighted by atomic mass is 10.0. The minimum atomic E-state index is -4.67. The van der Waals surface area contributed by atoms with E-state index in [9.17, 15) is 22.8 Å². The van der Waals surface area contributed by atoms with Crippen LogP contribution >= 0.6 is 34.2 Å². The van der Waals surface area contributed by atoms with Gasteiger partial charge in [0.2, 0.25) is 0 Å². The molecule has 2 aromatic carbocycles. The van der Waals surface area contributed by atoms with Crippen molar-refractivity contribution in [1.29, 1.82) is 0 Å². The van der Waals surface area contributed by atoms with Crippen molar-refractivity contribution in [2.45, 2.75) is 26.1 Å². The molecule has 0 aliphatic carbocycles. The highest BCUT2D eigenvalue weighted by atomic mass is 32.1. The lowest BCUT2D eigenvalue weighted by Gasteiger charge is -2.13. The molecule has 5 rings (SSSR count). The number of aromatic nitrogens is 1. The van der Waals surface area contributed by atoms with Crippen LogP contribution in [0.3, 0.4) is 0 Å². The number of halogens is 3. The van der Waals surface area contributed by atoms with Crippen LogP contribution in [0, 0.1) is 6.92 Å². The Bertz CT molecular complexity index is 1640. The molecule has 5 aromatic rings. The van der Waals surface area contributed by atoms with Gasteiger partial charge in [-0.1, -0.05) is 42.5 Å². The maximum absolute atomic E-state index is 13.6. The molecule has 0 aliphatic rings. The average molecular weight is 589 g/mol. The number of ether oxygens (including phenoxy) is 1. The summed E-state index contributed by atoms with van der Waals surface area (Å²) >= 11 is 4.01. The Balaban J connectivity index is 1.38. The maximum atomic E-state index is 13.6. The van der Waals surface area contributed by atoms with Gasteiger partial charge in [-0.2, -0.15) is 17.5 Å². The normalized spacial score (nSPS) is 11.6. The van der Waals surface area contributed by atoms with Gasteiger partial charge in [-0.05, 0) is 53.3 Å². The smallest absolute Gasteiger partial charge is 0.416 e. The number of aliphatic carboxylic acids is 1. The van der Waals surface area contributed by atoms with Crippen molar-refractivity contribution in [3.8, 4) is 20.2 Å². The number of aryl methyl sites for hydroxylation is 1. The standard InChI is InChI=1S/C27H19F3N2O4S3/c1-14-24(31-26(35)36-13-15-5-3-2-4-6-15)25(39-32-14)22-12-21-20(38-22)11-19(37-21)17-8-7-16(10-23(33)34)18(9-17)27(28,29)30/h2-9,11-12H,10,13H2,1H3,(H,31,35)(H,33,34). The summed E-state index contributed by atoms with van der Waals surface area (Å²) in [6.07, 6.45) is -5.98. The Morgan fingerprint density at radius 2 is 1.69 bits per heavy atom. The Labute approximate surface area is 232 Å². The van der Waals surface area contributed by atoms with E-state index in [1.807, 2.05) is 42.5 Å². The Hall–Kier alpha value is -3.74. The van der Waals surface area contributed by atoms with Crippen LogP contribution in [-0.2, 0) is 28.7 Å². The van der Waals surface area contributed by atoms with Crippen molar-refractivity contribution in [3.05, 3.63) is 83.0 Å². The maximum Gasteiger partial charge on any atom is 0.416 e. The van der Waals surface area contributed by atoms with E-state index in [2.05, 4.69) is 9.69 Å². The first kappa shape index (κ1) is 26.9. The molecule has 0 fully saturated rings. The summed E-state index contributed by atoms with van der Waals surface area (Å²) in [5.74, 6) is -1.32. The molecule has 2 N–H and O–H groups in total. The van der Waals surface area contributed by atoms with E-state index in [1.54, 1.807) is 6.92 Å². The van der Waals surface area contributed by atoms with Crippen molar-refractivity contribution in [2.75, 3.05) is 5.32 Å². The van der Waals surface area contributed by atoms with E-state index >= 15 is 0 Å². The number of hydrogen-bond donors (Lipinski definition) is 2. The second kappa shape index (κ2) is 10.8. The zero-order valence-electron chi connectivity index (χ0n) is 20.2. The van der Waals surface area contributed by atoms with Crippen molar-refractivity contribution in [2.24, 2.45) is 0 Å². The molecular weight excluding hydrogens is 570 g/mol. The van der Waals surface area contributed by atoms with E-state index in [4.69, 9.17) is 9.84 Å². The predicted molar refractivity (Wildman–Crippen MR) is 148 cm³/mol. The van der Waals surface area contributed by atoms with Crippen LogP contribution in [0.4, 0.5) is 23.7 Å². The summed E-state index contributed by atoms with van der Waals surface area (Å²) in [6, 6.07) is 16.8. The fraction of sp³-hybridized carbons (Fsp3) is 0.148. The van der Waals surface area contributed by atoms with Crippen LogP contribution in [-0.4, -0.2) is 21.5 Å². The number of amides is 1. The molecule has 0 atom stereocenters. The summed E-state index contributed by atoms with van der Waals surface area (Å²) in [4.78, 5) is 25.7. The number of fused-ring (bicyclic) bond motifs is 1. The molecule has 0 aliphatic heterocycles. The second-order valence-electron chi connectivity index (χ2n) is 8.55. The summed E-state index contributed by atoms with van der Waals surface area (Å²) in [6.45, 7) is 1.91. The van der Waals surface area contributed by atoms with Crippen LogP contribution in [0.15, 0.2) is 60.7 Å². The summed E-state index contributed by atoms with van der Waals surface area (Å²) < 4.78 is 52.3. The highest BCUT2D eigenvalue weighted by molar-refractivity contribution is 7.32. The molecule has 0 bridgehead atoms. The molecule has 0 radical (unpaired) electrons. The number of benzene rings is 2. The molecule has 0 saturated carbocycles. The highest BCUT2D eigenvalue weighted by Gasteiger charge is 2.34. The van der Waals surface area contributed by atoms with Gasteiger partial charge in [0, 0.05) is 14.3 Å². The second-order valence-corrected chi connectivity index (χ2v) is 11.5. The summed E-state index contributed by atoms with van der Waals surface area (Å²) in [5, 5.41) is 11.8. The number of alkyl halides is 3. The first-order valence-corrected chi connectivity index (χ1v) is 13.9. The first-order valence-electron chi connectivity index (χ1n) is 11.5. The molecule has 6 nitrogen and oxygen atoms in total. The van der Waals surface area contributed by atoms with Crippen molar-refractivity contribution >= 4 is 61.4 Å². The van der Waals surface area contributed by atoms with Gasteiger partial charge in [-0.15, -0.1) is 22.7 Å². The molecule has 0 saturated heterocycles. The van der Waals surface area contributed by atoms with Crippen molar-refractivity contribution in [1.82, 2.24) is 4.37 Å². The van der Waals surface area contributed by atoms with Gasteiger partial charge in [0.15, 0.2) is 0 Å². The number of hydrogen-bond acceptors (Lipinski definition) is 7. The Morgan fingerprint density at radius 1 is 1.00 bits per heavy atom. The van der Waals surface area contributed by atoms with E-state index in [0.717, 1.165) is 30.8 Å². The van der Waals surface area contributed by atoms with Gasteiger partial charge in [0.05, 0.1) is 33.1 Å². The average Bonchev–Trinajstić information content (AvgIpc) is 3.56. The van der Waals surface area contributed by atoms with Gasteiger partial charge < -0.3 is 9.84 Å². The number of carbonyl (C=O) groups is 2. The molecule has 0 spiro atoms. The van der Waals surface area contributed by atoms with Crippen LogP contribution in [0.1, 0.15) is 22.4 Å². The number of thiophene rings is 2. The zero-order chi connectivity index (χ0) is 27.7. The largest absolute Gasteiger partial charge is 0.481 e. The van der Waals surface area contributed by atoms with E-state index in [1.165, 1.54) is 46.3 Å². The van der Waals surface area contributed by atoms with Crippen LogP contribution in [0.25, 0.3) is 29.6 Å². The number of carboxylic acid groups (broad SMARTS) is 1. The number of carbonyl (C=O) groups excluding carboxylic acids is 1. The first-order chi connectivity index (χ1) is 18.6. The van der Waals surface area contributed by atoms with Crippen molar-refractivity contribution < 1.29 is 32.6 Å². The fourth-order valence-corrected chi connectivity index (χ4v) is 7.28. The third-order valence-electron chi connectivity index (χ3n) is 5.77. The lowest BCUT2D eigenvalue weighted by molar-refractivity contribution is -0.139.